The first-order valence-corrected chi connectivity index (χ1v) is 8.26. The molecule has 2 aromatic carbocycles. The number of aliphatic hydroxyl groups is 1. The number of hydrogen-bond acceptors (Lipinski definition) is 6. The van der Waals surface area contributed by atoms with Crippen LogP contribution in [0.2, 0.25) is 0 Å². The Bertz CT molecular complexity index is 946. The molecule has 27 heavy (non-hydrogen) atoms. The van der Waals surface area contributed by atoms with E-state index in [2.05, 4.69) is 10.3 Å². The summed E-state index contributed by atoms with van der Waals surface area (Å²) in [7, 11) is 0. The molecule has 7 heteroatoms. The molecule has 0 aliphatic rings. The average Bonchev–Trinajstić information content (AvgIpc) is 2.68. The Balaban J connectivity index is 1.74. The molecule has 138 valence electrons. The number of nitrogens with two attached hydrogens (primary N) is 1. The maximum Gasteiger partial charge on any atom is 0.335 e. The van der Waals surface area contributed by atoms with Crippen molar-refractivity contribution in [3.63, 3.8) is 0 Å². The summed E-state index contributed by atoms with van der Waals surface area (Å²) in [6, 6.07) is 16.7. The van der Waals surface area contributed by atoms with Crippen LogP contribution in [-0.2, 0) is 6.54 Å². The quantitative estimate of drug-likeness (QED) is 0.475. The van der Waals surface area contributed by atoms with Crippen LogP contribution >= 0.6 is 0 Å². The molecule has 1 heterocycles. The van der Waals surface area contributed by atoms with Crippen LogP contribution in [0.15, 0.2) is 66.9 Å². The number of carbonyl (C=O) groups is 1. The second-order valence-corrected chi connectivity index (χ2v) is 5.81. The van der Waals surface area contributed by atoms with Gasteiger partial charge in [0, 0.05) is 30.1 Å². The highest BCUT2D eigenvalue weighted by Gasteiger charge is 2.11. The van der Waals surface area contributed by atoms with Gasteiger partial charge in [-0.15, -0.1) is 0 Å². The van der Waals surface area contributed by atoms with Gasteiger partial charge in [0.25, 0.3) is 0 Å². The Labute approximate surface area is 156 Å². The van der Waals surface area contributed by atoms with E-state index < -0.39 is 12.2 Å². The van der Waals surface area contributed by atoms with Crippen LogP contribution in [0.25, 0.3) is 0 Å². The van der Waals surface area contributed by atoms with Gasteiger partial charge < -0.3 is 26.0 Å². The number of carboxylic acid groups (broad SMARTS) is 1. The first-order chi connectivity index (χ1) is 13.0. The van der Waals surface area contributed by atoms with Crippen LogP contribution < -0.4 is 15.8 Å². The molecule has 7 nitrogen and oxygen atoms in total. The van der Waals surface area contributed by atoms with Gasteiger partial charge in [0.2, 0.25) is 5.88 Å². The third-order valence-corrected chi connectivity index (χ3v) is 3.84. The minimum absolute atomic E-state index is 0.134. The Morgan fingerprint density at radius 1 is 1.15 bits per heavy atom. The van der Waals surface area contributed by atoms with Crippen molar-refractivity contribution in [3.05, 3.63) is 83.6 Å². The number of aromatic nitrogens is 1. The lowest BCUT2D eigenvalue weighted by molar-refractivity contribution is 0.0697. The molecule has 0 fully saturated rings. The normalized spacial score (nSPS) is 11.6. The molecule has 1 aromatic heterocycles. The molecule has 0 aliphatic heterocycles. The van der Waals surface area contributed by atoms with Gasteiger partial charge in [-0.25, -0.2) is 9.78 Å². The summed E-state index contributed by atoms with van der Waals surface area (Å²) in [4.78, 5) is 15.2. The summed E-state index contributed by atoms with van der Waals surface area (Å²) in [6.07, 6.45) is 0.577. The van der Waals surface area contributed by atoms with E-state index in [-0.39, 0.29) is 5.56 Å². The Hall–Kier alpha value is -3.42. The first kappa shape index (κ1) is 18.4. The van der Waals surface area contributed by atoms with Crippen LogP contribution in [-0.4, -0.2) is 21.2 Å². The van der Waals surface area contributed by atoms with E-state index in [9.17, 15) is 9.90 Å². The fraction of sp³-hybridized carbons (Fsp3) is 0.100. The predicted octanol–water partition coefficient (Wildman–Crippen LogP) is 3.13. The summed E-state index contributed by atoms with van der Waals surface area (Å²) < 4.78 is 5.73. The molecule has 0 bridgehead atoms. The molecule has 0 saturated heterocycles. The fourth-order valence-electron chi connectivity index (χ4n) is 2.49. The molecule has 0 spiro atoms. The molecule has 0 amide bonds. The van der Waals surface area contributed by atoms with Crippen molar-refractivity contribution in [2.75, 3.05) is 5.32 Å². The monoisotopic (exact) mass is 365 g/mol. The standard InChI is InChI=1S/C20H19N3O4/c21-12-13-7-8-22-18(9-13)27-17-6-2-3-14(11-17)19(24)23-16-5-1-4-15(10-16)20(25)26/h1-11,19,23-24H,12,21H2,(H,25,26). The lowest BCUT2D eigenvalue weighted by atomic mass is 10.1. The van der Waals surface area contributed by atoms with E-state index in [4.69, 9.17) is 15.6 Å². The SMILES string of the molecule is NCc1ccnc(Oc2cccc(C(O)Nc3cccc(C(=O)O)c3)c2)c1. The highest BCUT2D eigenvalue weighted by Crippen LogP contribution is 2.25. The molecule has 0 aliphatic carbocycles. The summed E-state index contributed by atoms with van der Waals surface area (Å²) in [5.74, 6) is -0.114. The van der Waals surface area contributed by atoms with Crippen LogP contribution in [0.5, 0.6) is 11.6 Å². The number of benzene rings is 2. The highest BCUT2D eigenvalue weighted by molar-refractivity contribution is 5.88. The Kier molecular flexibility index (Phi) is 5.65. The smallest absolute Gasteiger partial charge is 0.335 e. The van der Waals surface area contributed by atoms with Crippen LogP contribution in [0.3, 0.4) is 0 Å². The van der Waals surface area contributed by atoms with Gasteiger partial charge in [-0.2, -0.15) is 0 Å². The molecule has 3 aromatic rings. The van der Waals surface area contributed by atoms with Crippen molar-refractivity contribution >= 4 is 11.7 Å². The predicted molar refractivity (Wildman–Crippen MR) is 101 cm³/mol. The summed E-state index contributed by atoms with van der Waals surface area (Å²) in [5.41, 5.74) is 7.70. The highest BCUT2D eigenvalue weighted by atomic mass is 16.5. The molecule has 3 rings (SSSR count). The number of nitrogens with one attached hydrogen (secondary N) is 1. The van der Waals surface area contributed by atoms with Gasteiger partial charge in [-0.05, 0) is 42.0 Å². The zero-order valence-corrected chi connectivity index (χ0v) is 14.4. The van der Waals surface area contributed by atoms with E-state index in [0.29, 0.717) is 29.4 Å². The zero-order chi connectivity index (χ0) is 19.2. The number of ether oxygens (including phenoxy) is 1. The van der Waals surface area contributed by atoms with Crippen molar-refractivity contribution in [2.45, 2.75) is 12.8 Å². The van der Waals surface area contributed by atoms with Gasteiger partial charge in [0.1, 0.15) is 5.75 Å². The minimum Gasteiger partial charge on any atom is -0.478 e. The van der Waals surface area contributed by atoms with E-state index >= 15 is 0 Å². The maximum atomic E-state index is 11.1. The summed E-state index contributed by atoms with van der Waals surface area (Å²) in [6.45, 7) is 0.386. The third kappa shape index (κ3) is 4.81. The number of carboxylic acids is 1. The average molecular weight is 365 g/mol. The number of nitrogens with zero attached hydrogens (tertiary/aromatic N) is 1. The van der Waals surface area contributed by atoms with Crippen molar-refractivity contribution in [1.82, 2.24) is 4.98 Å². The van der Waals surface area contributed by atoms with Crippen molar-refractivity contribution in [1.29, 1.82) is 0 Å². The number of aromatic carboxylic acids is 1. The van der Waals surface area contributed by atoms with E-state index in [0.717, 1.165) is 5.56 Å². The van der Waals surface area contributed by atoms with E-state index in [1.807, 2.05) is 6.07 Å². The lowest BCUT2D eigenvalue weighted by Gasteiger charge is -2.16. The van der Waals surface area contributed by atoms with Crippen LogP contribution in [0.1, 0.15) is 27.7 Å². The number of anilines is 1. The second-order valence-electron chi connectivity index (χ2n) is 5.81. The molecule has 1 atom stereocenters. The molecule has 5 N–H and O–H groups in total. The molecule has 1 unspecified atom stereocenters. The van der Waals surface area contributed by atoms with E-state index in [1.54, 1.807) is 48.7 Å². The first-order valence-electron chi connectivity index (χ1n) is 8.26. The number of hydrogen-bond donors (Lipinski definition) is 4. The number of aliphatic hydroxyl groups excluding tert-OH is 1. The zero-order valence-electron chi connectivity index (χ0n) is 14.4. The Morgan fingerprint density at radius 2 is 1.96 bits per heavy atom. The fourth-order valence-corrected chi connectivity index (χ4v) is 2.49. The van der Waals surface area contributed by atoms with Crippen molar-refractivity contribution < 1.29 is 19.7 Å². The molecular formula is C20H19N3O4. The number of pyridine rings is 1. The summed E-state index contributed by atoms with van der Waals surface area (Å²) in [5, 5.41) is 22.4. The van der Waals surface area contributed by atoms with Crippen LogP contribution in [0.4, 0.5) is 5.69 Å². The van der Waals surface area contributed by atoms with Gasteiger partial charge in [-0.3, -0.25) is 0 Å². The molecule has 0 saturated carbocycles. The topological polar surface area (TPSA) is 118 Å². The van der Waals surface area contributed by atoms with Gasteiger partial charge >= 0.3 is 5.97 Å². The maximum absolute atomic E-state index is 11.1. The molecule has 0 radical (unpaired) electrons. The lowest BCUT2D eigenvalue weighted by Crippen LogP contribution is -2.10. The largest absolute Gasteiger partial charge is 0.478 e. The second kappa shape index (κ2) is 8.31. The van der Waals surface area contributed by atoms with Gasteiger partial charge in [-0.1, -0.05) is 18.2 Å². The minimum atomic E-state index is -1.04. The van der Waals surface area contributed by atoms with Crippen molar-refractivity contribution in [3.8, 4) is 11.6 Å². The van der Waals surface area contributed by atoms with Crippen molar-refractivity contribution in [2.24, 2.45) is 5.73 Å². The molecular weight excluding hydrogens is 346 g/mol. The Morgan fingerprint density at radius 3 is 2.74 bits per heavy atom. The van der Waals surface area contributed by atoms with Gasteiger partial charge in [0.15, 0.2) is 6.23 Å². The third-order valence-electron chi connectivity index (χ3n) is 3.84. The van der Waals surface area contributed by atoms with E-state index in [1.165, 1.54) is 12.1 Å². The number of rotatable bonds is 7. The summed E-state index contributed by atoms with van der Waals surface area (Å²) >= 11 is 0. The van der Waals surface area contributed by atoms with Gasteiger partial charge in [0.05, 0.1) is 5.56 Å². The van der Waals surface area contributed by atoms with Crippen LogP contribution in [0, 0.1) is 0 Å².